The number of nitrogens with zero attached hydrogens (tertiary/aromatic N) is 3. The Bertz CT molecular complexity index is 1030. The zero-order valence-corrected chi connectivity index (χ0v) is 14.9. The van der Waals surface area contributed by atoms with E-state index in [0.29, 0.717) is 11.3 Å². The first kappa shape index (κ1) is 17.6. The van der Waals surface area contributed by atoms with Crippen molar-refractivity contribution in [1.29, 1.82) is 0 Å². The fraction of sp³-hybridized carbons (Fsp3) is 0.0909. The Balaban J connectivity index is 1.85. The first-order chi connectivity index (χ1) is 13.7. The van der Waals surface area contributed by atoms with Crippen molar-refractivity contribution in [1.82, 2.24) is 14.9 Å². The maximum atomic E-state index is 12.9. The van der Waals surface area contributed by atoms with Crippen LogP contribution in [0.2, 0.25) is 0 Å². The fourth-order valence-corrected chi connectivity index (χ4v) is 3.33. The largest absolute Gasteiger partial charge is 0.507 e. The van der Waals surface area contributed by atoms with Gasteiger partial charge in [-0.2, -0.15) is 0 Å². The summed E-state index contributed by atoms with van der Waals surface area (Å²) in [7, 11) is 0. The fourth-order valence-electron chi connectivity index (χ4n) is 3.33. The highest BCUT2D eigenvalue weighted by Crippen LogP contribution is 2.39. The maximum Gasteiger partial charge on any atom is 0.296 e. The van der Waals surface area contributed by atoms with Gasteiger partial charge in [0.15, 0.2) is 0 Å². The van der Waals surface area contributed by atoms with E-state index in [-0.39, 0.29) is 17.9 Å². The molecule has 3 aromatic rings. The van der Waals surface area contributed by atoms with E-state index in [1.54, 1.807) is 67.1 Å². The molecule has 1 aliphatic rings. The van der Waals surface area contributed by atoms with Crippen molar-refractivity contribution in [2.24, 2.45) is 0 Å². The van der Waals surface area contributed by atoms with E-state index in [2.05, 4.69) is 9.97 Å². The zero-order valence-electron chi connectivity index (χ0n) is 14.9. The normalized spacial score (nSPS) is 18.4. The minimum Gasteiger partial charge on any atom is -0.507 e. The highest BCUT2D eigenvalue weighted by molar-refractivity contribution is 6.46. The number of benzene rings is 1. The van der Waals surface area contributed by atoms with Crippen molar-refractivity contribution in [2.75, 3.05) is 0 Å². The van der Waals surface area contributed by atoms with Gasteiger partial charge < -0.3 is 10.0 Å². The topological polar surface area (TPSA) is 83.4 Å². The van der Waals surface area contributed by atoms with Gasteiger partial charge in [-0.25, -0.2) is 0 Å². The predicted molar refractivity (Wildman–Crippen MR) is 103 cm³/mol. The standard InChI is InChI=1S/C22H17N3O3/c26-20(16-8-2-1-3-9-16)18-19(17-10-4-5-12-24-17)25(22(28)21(18)27)14-15-7-6-11-23-13-15/h1-13,19,26H,14H2/b20-18+. The van der Waals surface area contributed by atoms with Crippen LogP contribution >= 0.6 is 0 Å². The number of carbonyl (C=O) groups excluding carboxylic acids is 2. The molecule has 2 aromatic heterocycles. The number of hydrogen-bond donors (Lipinski definition) is 1. The number of aliphatic hydroxyl groups is 1. The van der Waals surface area contributed by atoms with Crippen molar-refractivity contribution in [3.8, 4) is 0 Å². The lowest BCUT2D eigenvalue weighted by molar-refractivity contribution is -0.140. The number of ketones is 1. The van der Waals surface area contributed by atoms with Crippen molar-refractivity contribution >= 4 is 17.4 Å². The van der Waals surface area contributed by atoms with Gasteiger partial charge in [-0.05, 0) is 23.8 Å². The Kier molecular flexibility index (Phi) is 4.68. The van der Waals surface area contributed by atoms with E-state index in [1.165, 1.54) is 4.90 Å². The molecule has 1 atom stereocenters. The summed E-state index contributed by atoms with van der Waals surface area (Å²) < 4.78 is 0. The Hall–Kier alpha value is -3.80. The van der Waals surface area contributed by atoms with Crippen LogP contribution in [0.5, 0.6) is 0 Å². The lowest BCUT2D eigenvalue weighted by atomic mass is 9.98. The van der Waals surface area contributed by atoms with Gasteiger partial charge >= 0.3 is 0 Å². The van der Waals surface area contributed by atoms with E-state index >= 15 is 0 Å². The second-order valence-corrected chi connectivity index (χ2v) is 6.41. The summed E-state index contributed by atoms with van der Waals surface area (Å²) in [5, 5.41) is 10.9. The molecule has 6 nitrogen and oxygen atoms in total. The number of aliphatic hydroxyl groups excluding tert-OH is 1. The molecule has 1 N–H and O–H groups in total. The maximum absolute atomic E-state index is 12.9. The lowest BCUT2D eigenvalue weighted by Gasteiger charge is -2.24. The highest BCUT2D eigenvalue weighted by Gasteiger charge is 2.46. The number of carbonyl (C=O) groups is 2. The number of rotatable bonds is 4. The molecule has 28 heavy (non-hydrogen) atoms. The smallest absolute Gasteiger partial charge is 0.296 e. The van der Waals surface area contributed by atoms with Crippen LogP contribution in [-0.4, -0.2) is 31.7 Å². The summed E-state index contributed by atoms with van der Waals surface area (Å²) in [6.07, 6.45) is 4.89. The number of hydrogen-bond acceptors (Lipinski definition) is 5. The quantitative estimate of drug-likeness (QED) is 0.433. The summed E-state index contributed by atoms with van der Waals surface area (Å²) in [5.41, 5.74) is 1.81. The summed E-state index contributed by atoms with van der Waals surface area (Å²) in [4.78, 5) is 35.5. The SMILES string of the molecule is O=C1C(=O)N(Cc2cccnc2)C(c2ccccn2)/C1=C(\O)c1ccccc1. The van der Waals surface area contributed by atoms with Crippen LogP contribution in [0.1, 0.15) is 22.9 Å². The van der Waals surface area contributed by atoms with Gasteiger partial charge in [0, 0.05) is 30.7 Å². The average molecular weight is 371 g/mol. The van der Waals surface area contributed by atoms with E-state index in [4.69, 9.17) is 0 Å². The molecule has 0 saturated carbocycles. The van der Waals surface area contributed by atoms with Gasteiger partial charge in [0.2, 0.25) is 0 Å². The number of aromatic nitrogens is 2. The van der Waals surface area contributed by atoms with Crippen molar-refractivity contribution < 1.29 is 14.7 Å². The van der Waals surface area contributed by atoms with Crippen LogP contribution in [-0.2, 0) is 16.1 Å². The molecule has 0 bridgehead atoms. The molecule has 1 amide bonds. The molecule has 3 heterocycles. The predicted octanol–water partition coefficient (Wildman–Crippen LogP) is 3.10. The van der Waals surface area contributed by atoms with Crippen LogP contribution in [0.15, 0.2) is 84.8 Å². The van der Waals surface area contributed by atoms with E-state index in [9.17, 15) is 14.7 Å². The van der Waals surface area contributed by atoms with Crippen molar-refractivity contribution in [3.63, 3.8) is 0 Å². The van der Waals surface area contributed by atoms with Gasteiger partial charge in [-0.1, -0.05) is 42.5 Å². The van der Waals surface area contributed by atoms with Crippen LogP contribution in [0.25, 0.3) is 5.76 Å². The van der Waals surface area contributed by atoms with Gasteiger partial charge in [-0.15, -0.1) is 0 Å². The number of pyridine rings is 2. The molecule has 0 spiro atoms. The molecular formula is C22H17N3O3. The molecule has 4 rings (SSSR count). The first-order valence-corrected chi connectivity index (χ1v) is 8.80. The first-order valence-electron chi connectivity index (χ1n) is 8.80. The summed E-state index contributed by atoms with van der Waals surface area (Å²) in [5.74, 6) is -1.60. The minimum atomic E-state index is -0.776. The number of Topliss-reactive ketones (excluding diaryl/α,β-unsaturated/α-hetero) is 1. The minimum absolute atomic E-state index is 0.0405. The van der Waals surface area contributed by atoms with E-state index in [0.717, 1.165) is 5.56 Å². The van der Waals surface area contributed by atoms with Crippen molar-refractivity contribution in [3.05, 3.63) is 102 Å². The third-order valence-corrected chi connectivity index (χ3v) is 4.63. The van der Waals surface area contributed by atoms with Gasteiger partial charge in [-0.3, -0.25) is 19.6 Å². The Morgan fingerprint density at radius 2 is 1.75 bits per heavy atom. The zero-order chi connectivity index (χ0) is 19.5. The van der Waals surface area contributed by atoms with E-state index in [1.807, 2.05) is 12.1 Å². The van der Waals surface area contributed by atoms with Gasteiger partial charge in [0.05, 0.1) is 11.3 Å². The van der Waals surface area contributed by atoms with Crippen molar-refractivity contribution in [2.45, 2.75) is 12.6 Å². The second-order valence-electron chi connectivity index (χ2n) is 6.41. The average Bonchev–Trinajstić information content (AvgIpc) is 3.00. The summed E-state index contributed by atoms with van der Waals surface area (Å²) in [6.45, 7) is 0.186. The third kappa shape index (κ3) is 3.16. The molecule has 0 radical (unpaired) electrons. The third-order valence-electron chi connectivity index (χ3n) is 4.63. The van der Waals surface area contributed by atoms with Crippen LogP contribution < -0.4 is 0 Å². The molecule has 1 saturated heterocycles. The molecule has 1 fully saturated rings. The number of likely N-dealkylation sites (tertiary alicyclic amines) is 1. The van der Waals surface area contributed by atoms with Crippen LogP contribution in [0, 0.1) is 0 Å². The second kappa shape index (κ2) is 7.44. The lowest BCUT2D eigenvalue weighted by Crippen LogP contribution is -2.29. The Labute approximate surface area is 161 Å². The summed E-state index contributed by atoms with van der Waals surface area (Å²) >= 11 is 0. The molecular weight excluding hydrogens is 354 g/mol. The Morgan fingerprint density at radius 1 is 0.964 bits per heavy atom. The number of amides is 1. The molecule has 0 aliphatic carbocycles. The monoisotopic (exact) mass is 371 g/mol. The van der Waals surface area contributed by atoms with Crippen LogP contribution in [0.3, 0.4) is 0 Å². The summed E-state index contributed by atoms with van der Waals surface area (Å²) in [6, 6.07) is 16.8. The molecule has 6 heteroatoms. The molecule has 138 valence electrons. The van der Waals surface area contributed by atoms with E-state index < -0.39 is 17.7 Å². The van der Waals surface area contributed by atoms with Gasteiger partial charge in [0.25, 0.3) is 11.7 Å². The Morgan fingerprint density at radius 3 is 2.43 bits per heavy atom. The molecule has 1 aromatic carbocycles. The molecule has 1 unspecified atom stereocenters. The molecule has 1 aliphatic heterocycles. The van der Waals surface area contributed by atoms with Gasteiger partial charge in [0.1, 0.15) is 11.8 Å². The highest BCUT2D eigenvalue weighted by atomic mass is 16.3. The van der Waals surface area contributed by atoms with Crippen LogP contribution in [0.4, 0.5) is 0 Å².